The number of carbonyl (C=O) groups excluding carboxylic acids is 1. The second kappa shape index (κ2) is 7.09. The quantitative estimate of drug-likeness (QED) is 0.900. The highest BCUT2D eigenvalue weighted by Crippen LogP contribution is 2.27. The molecule has 5 nitrogen and oxygen atoms in total. The van der Waals surface area contributed by atoms with Crippen molar-refractivity contribution in [1.82, 2.24) is 9.80 Å². The first kappa shape index (κ1) is 17.1. The van der Waals surface area contributed by atoms with E-state index in [1.807, 2.05) is 48.5 Å². The molecule has 0 bridgehead atoms. The van der Waals surface area contributed by atoms with Crippen LogP contribution in [-0.4, -0.2) is 60.6 Å². The van der Waals surface area contributed by atoms with Crippen molar-refractivity contribution in [2.75, 3.05) is 44.7 Å². The summed E-state index contributed by atoms with van der Waals surface area (Å²) in [5, 5.41) is 10.4. The van der Waals surface area contributed by atoms with Crippen molar-refractivity contribution >= 4 is 11.6 Å². The number of piperazine rings is 1. The highest BCUT2D eigenvalue weighted by atomic mass is 16.3. The van der Waals surface area contributed by atoms with Gasteiger partial charge in [0.1, 0.15) is 0 Å². The van der Waals surface area contributed by atoms with Gasteiger partial charge in [0.05, 0.1) is 12.6 Å². The minimum absolute atomic E-state index is 0.0246. The fraction of sp³-hybridized carbons (Fsp3) is 0.381. The number of nitrogens with zero attached hydrogens (tertiary/aromatic N) is 3. The van der Waals surface area contributed by atoms with E-state index in [-0.39, 0.29) is 5.91 Å². The summed E-state index contributed by atoms with van der Waals surface area (Å²) in [5.41, 5.74) is 3.80. The Bertz CT molecular complexity index is 782. The van der Waals surface area contributed by atoms with E-state index >= 15 is 0 Å². The summed E-state index contributed by atoms with van der Waals surface area (Å²) < 4.78 is 0. The van der Waals surface area contributed by atoms with E-state index in [2.05, 4.69) is 16.8 Å². The Balaban J connectivity index is 1.47. The Morgan fingerprint density at radius 2 is 1.69 bits per heavy atom. The molecule has 0 saturated carbocycles. The minimum atomic E-state index is -0.617. The van der Waals surface area contributed by atoms with Crippen LogP contribution in [0, 0.1) is 0 Å². The molecular weight excluding hydrogens is 326 g/mol. The monoisotopic (exact) mass is 351 g/mol. The van der Waals surface area contributed by atoms with Crippen LogP contribution in [0.4, 0.5) is 5.69 Å². The van der Waals surface area contributed by atoms with Gasteiger partial charge < -0.3 is 19.8 Å². The van der Waals surface area contributed by atoms with E-state index in [1.54, 1.807) is 4.90 Å². The van der Waals surface area contributed by atoms with Crippen molar-refractivity contribution in [1.29, 1.82) is 0 Å². The number of aliphatic hydroxyl groups excluding tert-OH is 1. The average molecular weight is 351 g/mol. The van der Waals surface area contributed by atoms with Gasteiger partial charge in [-0.3, -0.25) is 4.79 Å². The minimum Gasteiger partial charge on any atom is -0.387 e. The van der Waals surface area contributed by atoms with Gasteiger partial charge in [0.15, 0.2) is 0 Å². The number of hydrogen-bond acceptors (Lipinski definition) is 4. The van der Waals surface area contributed by atoms with Crippen molar-refractivity contribution in [2.45, 2.75) is 12.6 Å². The van der Waals surface area contributed by atoms with E-state index in [1.165, 1.54) is 5.69 Å². The molecule has 2 aromatic rings. The SMILES string of the molecule is CN1CCN(c2ccc(C(=O)N3Cc4ccccc4[C@H](O)C3)cc2)CC1. The molecule has 26 heavy (non-hydrogen) atoms. The summed E-state index contributed by atoms with van der Waals surface area (Å²) in [7, 11) is 2.14. The van der Waals surface area contributed by atoms with Crippen LogP contribution in [0.15, 0.2) is 48.5 Å². The number of β-amino-alcohol motifs (C(OH)–C–C–N with tert-alkyl or cyclic N) is 1. The smallest absolute Gasteiger partial charge is 0.254 e. The van der Waals surface area contributed by atoms with Gasteiger partial charge in [0, 0.05) is 44.0 Å². The van der Waals surface area contributed by atoms with Crippen LogP contribution >= 0.6 is 0 Å². The van der Waals surface area contributed by atoms with Crippen molar-refractivity contribution < 1.29 is 9.90 Å². The van der Waals surface area contributed by atoms with Gasteiger partial charge in [0.25, 0.3) is 5.91 Å². The Kier molecular flexibility index (Phi) is 4.66. The molecule has 0 spiro atoms. The van der Waals surface area contributed by atoms with Crippen LogP contribution in [0.1, 0.15) is 27.6 Å². The summed E-state index contributed by atoms with van der Waals surface area (Å²) in [6.07, 6.45) is -0.617. The highest BCUT2D eigenvalue weighted by molar-refractivity contribution is 5.94. The lowest BCUT2D eigenvalue weighted by atomic mass is 9.97. The van der Waals surface area contributed by atoms with Crippen molar-refractivity contribution in [2.24, 2.45) is 0 Å². The molecule has 1 atom stereocenters. The first-order valence-corrected chi connectivity index (χ1v) is 9.20. The third-order valence-electron chi connectivity index (χ3n) is 5.44. The number of aliphatic hydroxyl groups is 1. The maximum atomic E-state index is 12.9. The number of fused-ring (bicyclic) bond motifs is 1. The fourth-order valence-corrected chi connectivity index (χ4v) is 3.80. The second-order valence-corrected chi connectivity index (χ2v) is 7.24. The second-order valence-electron chi connectivity index (χ2n) is 7.24. The van der Waals surface area contributed by atoms with Crippen LogP contribution in [-0.2, 0) is 6.54 Å². The van der Waals surface area contributed by atoms with Crippen LogP contribution in [0.25, 0.3) is 0 Å². The maximum Gasteiger partial charge on any atom is 0.254 e. The predicted octanol–water partition coefficient (Wildman–Crippen LogP) is 2.13. The summed E-state index contributed by atoms with van der Waals surface area (Å²) in [5.74, 6) is -0.0246. The zero-order valence-corrected chi connectivity index (χ0v) is 15.1. The van der Waals surface area contributed by atoms with Gasteiger partial charge in [-0.2, -0.15) is 0 Å². The Morgan fingerprint density at radius 3 is 2.42 bits per heavy atom. The Hall–Kier alpha value is -2.37. The topological polar surface area (TPSA) is 47.0 Å². The standard InChI is InChI=1S/C21H25N3O2/c1-22-10-12-23(13-11-22)18-8-6-16(7-9-18)21(26)24-14-17-4-2-3-5-19(17)20(25)15-24/h2-9,20,25H,10-15H2,1H3/t20-/m1/s1. The van der Waals surface area contributed by atoms with Crippen LogP contribution in [0.3, 0.4) is 0 Å². The molecule has 5 heteroatoms. The first-order chi connectivity index (χ1) is 12.6. The van der Waals surface area contributed by atoms with E-state index in [4.69, 9.17) is 0 Å². The summed E-state index contributed by atoms with van der Waals surface area (Å²) in [6, 6.07) is 15.7. The molecular formula is C21H25N3O2. The number of likely N-dealkylation sites (N-methyl/N-ethyl adjacent to an activating group) is 1. The normalized spacial score (nSPS) is 20.8. The van der Waals surface area contributed by atoms with Crippen LogP contribution in [0.2, 0.25) is 0 Å². The molecule has 1 amide bonds. The van der Waals surface area contributed by atoms with Gasteiger partial charge in [-0.05, 0) is 42.4 Å². The summed E-state index contributed by atoms with van der Waals surface area (Å²) in [6.45, 7) is 5.04. The van der Waals surface area contributed by atoms with Gasteiger partial charge in [-0.15, -0.1) is 0 Å². The third kappa shape index (κ3) is 3.32. The molecule has 0 aromatic heterocycles. The number of carbonyl (C=O) groups is 1. The van der Waals surface area contributed by atoms with Crippen LogP contribution < -0.4 is 4.90 Å². The summed E-state index contributed by atoms with van der Waals surface area (Å²) in [4.78, 5) is 19.3. The molecule has 136 valence electrons. The Morgan fingerprint density at radius 1 is 1.00 bits per heavy atom. The number of amides is 1. The molecule has 2 heterocycles. The molecule has 0 radical (unpaired) electrons. The lowest BCUT2D eigenvalue weighted by molar-refractivity contribution is 0.0550. The number of benzene rings is 2. The molecule has 2 aromatic carbocycles. The molecule has 0 aliphatic carbocycles. The van der Waals surface area contributed by atoms with E-state index in [9.17, 15) is 9.90 Å². The van der Waals surface area contributed by atoms with Crippen molar-refractivity contribution in [3.8, 4) is 0 Å². The van der Waals surface area contributed by atoms with Crippen LogP contribution in [0.5, 0.6) is 0 Å². The number of hydrogen-bond donors (Lipinski definition) is 1. The average Bonchev–Trinajstić information content (AvgIpc) is 2.68. The van der Waals surface area contributed by atoms with Crippen molar-refractivity contribution in [3.05, 3.63) is 65.2 Å². The van der Waals surface area contributed by atoms with E-state index < -0.39 is 6.10 Å². The first-order valence-electron chi connectivity index (χ1n) is 9.20. The Labute approximate surface area is 154 Å². The zero-order chi connectivity index (χ0) is 18.1. The van der Waals surface area contributed by atoms with Gasteiger partial charge in [0.2, 0.25) is 0 Å². The molecule has 4 rings (SSSR count). The molecule has 1 saturated heterocycles. The fourth-order valence-electron chi connectivity index (χ4n) is 3.80. The molecule has 1 N–H and O–H groups in total. The molecule has 0 unspecified atom stereocenters. The predicted molar refractivity (Wildman–Crippen MR) is 102 cm³/mol. The maximum absolute atomic E-state index is 12.9. The zero-order valence-electron chi connectivity index (χ0n) is 15.1. The van der Waals surface area contributed by atoms with Gasteiger partial charge in [-0.1, -0.05) is 24.3 Å². The van der Waals surface area contributed by atoms with E-state index in [0.29, 0.717) is 18.7 Å². The van der Waals surface area contributed by atoms with Gasteiger partial charge >= 0.3 is 0 Å². The lowest BCUT2D eigenvalue weighted by Gasteiger charge is -2.34. The number of anilines is 1. The lowest BCUT2D eigenvalue weighted by Crippen LogP contribution is -2.44. The molecule has 2 aliphatic rings. The molecule has 1 fully saturated rings. The van der Waals surface area contributed by atoms with E-state index in [0.717, 1.165) is 37.3 Å². The third-order valence-corrected chi connectivity index (χ3v) is 5.44. The molecule has 2 aliphatic heterocycles. The summed E-state index contributed by atoms with van der Waals surface area (Å²) >= 11 is 0. The highest BCUT2D eigenvalue weighted by Gasteiger charge is 2.27. The van der Waals surface area contributed by atoms with Gasteiger partial charge in [-0.25, -0.2) is 0 Å². The van der Waals surface area contributed by atoms with Crippen molar-refractivity contribution in [3.63, 3.8) is 0 Å². The number of rotatable bonds is 2. The largest absolute Gasteiger partial charge is 0.387 e.